The molecule has 0 unspecified atom stereocenters. The largest absolute Gasteiger partial charge is 0.469 e. The van der Waals surface area contributed by atoms with E-state index < -0.39 is 0 Å². The molecule has 1 amide bonds. The lowest BCUT2D eigenvalue weighted by atomic mass is 9.99. The fraction of sp³-hybridized carbons (Fsp3) is 0.292. The van der Waals surface area contributed by atoms with Crippen LogP contribution in [0.5, 0.6) is 0 Å². The molecule has 3 heterocycles. The third kappa shape index (κ3) is 4.13. The van der Waals surface area contributed by atoms with Crippen LogP contribution in [0.3, 0.4) is 0 Å². The number of piperidine rings is 1. The molecule has 0 aliphatic carbocycles. The van der Waals surface area contributed by atoms with E-state index in [4.69, 9.17) is 9.84 Å². The Balaban J connectivity index is 1.64. The van der Waals surface area contributed by atoms with Gasteiger partial charge in [-0.25, -0.2) is 4.52 Å². The minimum absolute atomic E-state index is 0.0853. The van der Waals surface area contributed by atoms with Crippen LogP contribution in [0.25, 0.3) is 22.9 Å². The van der Waals surface area contributed by atoms with Crippen LogP contribution in [-0.2, 0) is 14.3 Å². The number of fused-ring (bicyclic) bond motifs is 1. The molecule has 0 bridgehead atoms. The van der Waals surface area contributed by atoms with Gasteiger partial charge in [-0.15, -0.1) is 0 Å². The first-order valence-electron chi connectivity index (χ1n) is 10.3. The number of hydrogen-bond acceptors (Lipinski definition) is 4. The number of esters is 1. The first kappa shape index (κ1) is 19.9. The highest BCUT2D eigenvalue weighted by molar-refractivity contribution is 5.95. The van der Waals surface area contributed by atoms with Crippen molar-refractivity contribution in [1.82, 2.24) is 14.5 Å². The van der Waals surface area contributed by atoms with Gasteiger partial charge in [-0.05, 0) is 37.5 Å². The zero-order valence-electron chi connectivity index (χ0n) is 17.0. The second kappa shape index (κ2) is 8.95. The minimum atomic E-state index is -0.280. The molecule has 0 saturated carbocycles. The molecule has 154 valence electrons. The van der Waals surface area contributed by atoms with Gasteiger partial charge >= 0.3 is 5.97 Å². The molecule has 3 aromatic rings. The van der Waals surface area contributed by atoms with Gasteiger partial charge in [0.25, 0.3) is 0 Å². The van der Waals surface area contributed by atoms with Gasteiger partial charge in [0.15, 0.2) is 0 Å². The second-order valence-corrected chi connectivity index (χ2v) is 7.45. The predicted octanol–water partition coefficient (Wildman–Crippen LogP) is 3.96. The van der Waals surface area contributed by atoms with E-state index in [9.17, 15) is 9.59 Å². The lowest BCUT2D eigenvalue weighted by Gasteiger charge is -2.34. The highest BCUT2D eigenvalue weighted by atomic mass is 16.5. The predicted molar refractivity (Wildman–Crippen MR) is 116 cm³/mol. The van der Waals surface area contributed by atoms with Crippen molar-refractivity contribution in [2.24, 2.45) is 0 Å². The summed E-state index contributed by atoms with van der Waals surface area (Å²) in [5, 5.41) is 4.72. The molecule has 2 aromatic heterocycles. The lowest BCUT2D eigenvalue weighted by Crippen LogP contribution is -2.44. The van der Waals surface area contributed by atoms with Crippen molar-refractivity contribution < 1.29 is 14.3 Å². The summed E-state index contributed by atoms with van der Waals surface area (Å²) in [6.45, 7) is 0.658. The van der Waals surface area contributed by atoms with Crippen molar-refractivity contribution >= 4 is 23.5 Å². The molecule has 1 saturated heterocycles. The quantitative estimate of drug-likeness (QED) is 0.478. The van der Waals surface area contributed by atoms with Gasteiger partial charge in [0.1, 0.15) is 5.69 Å². The molecular weight excluding hydrogens is 378 g/mol. The molecule has 1 fully saturated rings. The number of nitrogens with zero attached hydrogens (tertiary/aromatic N) is 3. The van der Waals surface area contributed by atoms with Gasteiger partial charge < -0.3 is 9.64 Å². The van der Waals surface area contributed by atoms with E-state index in [0.717, 1.165) is 41.6 Å². The van der Waals surface area contributed by atoms with Crippen LogP contribution in [0.1, 0.15) is 31.2 Å². The summed E-state index contributed by atoms with van der Waals surface area (Å²) < 4.78 is 6.63. The highest BCUT2D eigenvalue weighted by Gasteiger charge is 2.27. The number of methoxy groups -OCH3 is 1. The van der Waals surface area contributed by atoms with Gasteiger partial charge in [-0.1, -0.05) is 36.4 Å². The van der Waals surface area contributed by atoms with Crippen LogP contribution in [0.4, 0.5) is 0 Å². The van der Waals surface area contributed by atoms with Gasteiger partial charge in [0.2, 0.25) is 5.91 Å². The van der Waals surface area contributed by atoms with E-state index in [0.29, 0.717) is 6.54 Å². The maximum absolute atomic E-state index is 13.0. The molecule has 1 aliphatic rings. The van der Waals surface area contributed by atoms with Crippen LogP contribution < -0.4 is 0 Å². The van der Waals surface area contributed by atoms with Crippen molar-refractivity contribution in [1.29, 1.82) is 0 Å². The topological polar surface area (TPSA) is 63.9 Å². The SMILES string of the molecule is COC(=O)C[C@H]1CCCCN1C(=O)/C=C/c1c(-c2ccccc2)nn2ccccc12. The Hall–Kier alpha value is -3.41. The third-order valence-electron chi connectivity index (χ3n) is 5.56. The summed E-state index contributed by atoms with van der Waals surface area (Å²) >= 11 is 0. The molecule has 30 heavy (non-hydrogen) atoms. The van der Waals surface area contributed by atoms with Crippen LogP contribution in [0.15, 0.2) is 60.8 Å². The van der Waals surface area contributed by atoms with Crippen molar-refractivity contribution in [2.75, 3.05) is 13.7 Å². The summed E-state index contributed by atoms with van der Waals surface area (Å²) in [6.07, 6.45) is 8.37. The van der Waals surface area contributed by atoms with E-state index in [2.05, 4.69) is 0 Å². The summed E-state index contributed by atoms with van der Waals surface area (Å²) in [7, 11) is 1.38. The normalized spacial score (nSPS) is 16.8. The van der Waals surface area contributed by atoms with Crippen molar-refractivity contribution in [3.05, 3.63) is 66.4 Å². The zero-order chi connectivity index (χ0) is 20.9. The first-order chi connectivity index (χ1) is 14.7. The van der Waals surface area contributed by atoms with Gasteiger partial charge in [-0.3, -0.25) is 9.59 Å². The number of rotatable bonds is 5. The Morgan fingerprint density at radius 1 is 1.13 bits per heavy atom. The third-order valence-corrected chi connectivity index (χ3v) is 5.56. The summed E-state index contributed by atoms with van der Waals surface area (Å²) in [5.41, 5.74) is 3.66. The Morgan fingerprint density at radius 3 is 2.73 bits per heavy atom. The van der Waals surface area contributed by atoms with Crippen LogP contribution in [0, 0.1) is 0 Å². The monoisotopic (exact) mass is 403 g/mol. The Kier molecular flexibility index (Phi) is 5.93. The zero-order valence-corrected chi connectivity index (χ0v) is 17.0. The second-order valence-electron chi connectivity index (χ2n) is 7.45. The Labute approximate surface area is 175 Å². The van der Waals surface area contributed by atoms with E-state index in [1.807, 2.05) is 65.3 Å². The van der Waals surface area contributed by atoms with Gasteiger partial charge in [0, 0.05) is 36.0 Å². The number of aromatic nitrogens is 2. The maximum Gasteiger partial charge on any atom is 0.307 e. The first-order valence-corrected chi connectivity index (χ1v) is 10.3. The van der Waals surface area contributed by atoms with Crippen molar-refractivity contribution in [2.45, 2.75) is 31.7 Å². The van der Waals surface area contributed by atoms with Crippen LogP contribution in [0.2, 0.25) is 0 Å². The van der Waals surface area contributed by atoms with Crippen molar-refractivity contribution in [3.8, 4) is 11.3 Å². The summed E-state index contributed by atoms with van der Waals surface area (Å²) in [5.74, 6) is -0.365. The molecule has 0 radical (unpaired) electrons. The van der Waals surface area contributed by atoms with Crippen molar-refractivity contribution in [3.63, 3.8) is 0 Å². The standard InChI is InChI=1S/C24H25N3O3/c1-30-23(29)17-19-11-5-7-15-26(19)22(28)14-13-20-21-12-6-8-16-27(21)25-24(20)18-9-3-2-4-10-18/h2-4,6,8-10,12-14,16,19H,5,7,11,15,17H2,1H3/b14-13+/t19-/m1/s1. The smallest absolute Gasteiger partial charge is 0.307 e. The molecule has 6 heteroatoms. The fourth-order valence-corrected chi connectivity index (χ4v) is 4.02. The minimum Gasteiger partial charge on any atom is -0.469 e. The molecular formula is C24H25N3O3. The van der Waals surface area contributed by atoms with E-state index in [-0.39, 0.29) is 24.3 Å². The molecule has 1 aliphatic heterocycles. The molecule has 0 spiro atoms. The van der Waals surface area contributed by atoms with Gasteiger partial charge in [0.05, 0.1) is 19.0 Å². The van der Waals surface area contributed by atoms with Gasteiger partial charge in [-0.2, -0.15) is 5.10 Å². The number of carbonyl (C=O) groups is 2. The summed E-state index contributed by atoms with van der Waals surface area (Å²) in [6, 6.07) is 15.7. The van der Waals surface area contributed by atoms with Crippen LogP contribution in [-0.4, -0.2) is 46.1 Å². The number of pyridine rings is 1. The van der Waals surface area contributed by atoms with E-state index in [1.54, 1.807) is 11.0 Å². The number of likely N-dealkylation sites (tertiary alicyclic amines) is 1. The number of benzene rings is 1. The molecule has 6 nitrogen and oxygen atoms in total. The average molecular weight is 403 g/mol. The molecule has 1 aromatic carbocycles. The Bertz CT molecular complexity index is 1070. The molecule has 0 N–H and O–H groups in total. The average Bonchev–Trinajstić information content (AvgIpc) is 3.17. The molecule has 4 rings (SSSR count). The molecule has 1 atom stereocenters. The fourth-order valence-electron chi connectivity index (χ4n) is 4.02. The number of carbonyl (C=O) groups excluding carboxylic acids is 2. The lowest BCUT2D eigenvalue weighted by molar-refractivity contribution is -0.143. The summed E-state index contributed by atoms with van der Waals surface area (Å²) in [4.78, 5) is 26.6. The van der Waals surface area contributed by atoms with Crippen LogP contribution >= 0.6 is 0 Å². The number of amides is 1. The van der Waals surface area contributed by atoms with E-state index in [1.165, 1.54) is 7.11 Å². The highest BCUT2D eigenvalue weighted by Crippen LogP contribution is 2.28. The van der Waals surface area contributed by atoms with E-state index >= 15 is 0 Å². The number of hydrogen-bond donors (Lipinski definition) is 0. The maximum atomic E-state index is 13.0. The Morgan fingerprint density at radius 2 is 1.93 bits per heavy atom. The number of ether oxygens (including phenoxy) is 1.